The number of thioether (sulfide) groups is 1. The maximum absolute atomic E-state index is 12.4. The van der Waals surface area contributed by atoms with Crippen molar-refractivity contribution in [2.75, 3.05) is 38.9 Å². The van der Waals surface area contributed by atoms with Crippen molar-refractivity contribution in [2.24, 2.45) is 0 Å². The van der Waals surface area contributed by atoms with Crippen molar-refractivity contribution < 1.29 is 19.1 Å². The molecule has 29 heavy (non-hydrogen) atoms. The number of imidazole rings is 1. The lowest BCUT2D eigenvalue weighted by atomic mass is 10.3. The Balaban J connectivity index is 1.51. The molecule has 0 atom stereocenters. The minimum absolute atomic E-state index is 0.0477. The van der Waals surface area contributed by atoms with Crippen LogP contribution in [0.2, 0.25) is 0 Å². The van der Waals surface area contributed by atoms with Crippen molar-refractivity contribution >= 4 is 40.3 Å². The number of likely N-dealkylation sites (N-methyl/N-ethyl adjacent to an activating group) is 1. The molecule has 0 aliphatic carbocycles. The summed E-state index contributed by atoms with van der Waals surface area (Å²) in [5, 5.41) is 3.39. The van der Waals surface area contributed by atoms with E-state index in [-0.39, 0.29) is 24.1 Å². The van der Waals surface area contributed by atoms with Gasteiger partial charge in [0.15, 0.2) is 5.16 Å². The van der Waals surface area contributed by atoms with Crippen molar-refractivity contribution in [1.29, 1.82) is 0 Å². The Morgan fingerprint density at radius 1 is 1.14 bits per heavy atom. The van der Waals surface area contributed by atoms with Crippen molar-refractivity contribution in [3.05, 3.63) is 42.5 Å². The molecule has 9 heteroatoms. The van der Waals surface area contributed by atoms with Crippen molar-refractivity contribution in [3.8, 4) is 11.5 Å². The van der Waals surface area contributed by atoms with Crippen LogP contribution in [0.3, 0.4) is 0 Å². The molecule has 0 saturated carbocycles. The molecule has 1 aromatic heterocycles. The zero-order valence-corrected chi connectivity index (χ0v) is 17.2. The second-order valence-electron chi connectivity index (χ2n) is 6.24. The summed E-state index contributed by atoms with van der Waals surface area (Å²) in [5.41, 5.74) is 2.25. The standard InChI is InChI=1S/C20H22N4O4S/c1-24(11-18(25)21-13-5-4-6-14(9-13)27-2)19(26)12-29-20-22-16-8-7-15(28-3)10-17(16)23-20/h4-10H,11-12H2,1-3H3,(H,21,25)(H,22,23). The summed E-state index contributed by atoms with van der Waals surface area (Å²) in [6.07, 6.45) is 0. The second-order valence-corrected chi connectivity index (χ2v) is 7.21. The second kappa shape index (κ2) is 9.33. The van der Waals surface area contributed by atoms with Gasteiger partial charge in [-0.25, -0.2) is 4.98 Å². The molecule has 0 radical (unpaired) electrons. The molecule has 3 rings (SSSR count). The maximum Gasteiger partial charge on any atom is 0.243 e. The van der Waals surface area contributed by atoms with Gasteiger partial charge >= 0.3 is 0 Å². The third-order valence-corrected chi connectivity index (χ3v) is 5.02. The number of ether oxygens (including phenoxy) is 2. The molecular weight excluding hydrogens is 392 g/mol. The summed E-state index contributed by atoms with van der Waals surface area (Å²) < 4.78 is 10.3. The first-order chi connectivity index (χ1) is 14.0. The lowest BCUT2D eigenvalue weighted by Crippen LogP contribution is -2.35. The van der Waals surface area contributed by atoms with Gasteiger partial charge in [-0.1, -0.05) is 17.8 Å². The van der Waals surface area contributed by atoms with E-state index in [9.17, 15) is 9.59 Å². The highest BCUT2D eigenvalue weighted by Crippen LogP contribution is 2.23. The van der Waals surface area contributed by atoms with Gasteiger partial charge in [0, 0.05) is 24.9 Å². The Morgan fingerprint density at radius 3 is 2.66 bits per heavy atom. The molecule has 1 heterocycles. The number of amides is 2. The van der Waals surface area contributed by atoms with Crippen LogP contribution in [0.5, 0.6) is 11.5 Å². The predicted octanol–water partition coefficient (Wildman–Crippen LogP) is 2.77. The van der Waals surface area contributed by atoms with E-state index in [4.69, 9.17) is 9.47 Å². The molecule has 8 nitrogen and oxygen atoms in total. The normalized spacial score (nSPS) is 10.6. The highest BCUT2D eigenvalue weighted by atomic mass is 32.2. The molecule has 2 aromatic carbocycles. The summed E-state index contributed by atoms with van der Waals surface area (Å²) in [4.78, 5) is 33.5. The van der Waals surface area contributed by atoms with Crippen molar-refractivity contribution in [1.82, 2.24) is 14.9 Å². The van der Waals surface area contributed by atoms with E-state index < -0.39 is 0 Å². The van der Waals surface area contributed by atoms with E-state index in [2.05, 4.69) is 15.3 Å². The number of H-pyrrole nitrogens is 1. The molecule has 2 N–H and O–H groups in total. The maximum atomic E-state index is 12.4. The van der Waals surface area contributed by atoms with Gasteiger partial charge in [-0.05, 0) is 24.3 Å². The minimum atomic E-state index is -0.282. The Labute approximate surface area is 172 Å². The first-order valence-electron chi connectivity index (χ1n) is 8.83. The topological polar surface area (TPSA) is 96.6 Å². The fourth-order valence-electron chi connectivity index (χ4n) is 2.61. The molecule has 2 amide bonds. The van der Waals surface area contributed by atoms with Crippen LogP contribution in [-0.4, -0.2) is 60.2 Å². The van der Waals surface area contributed by atoms with E-state index in [1.165, 1.54) is 16.7 Å². The minimum Gasteiger partial charge on any atom is -0.497 e. The number of carbonyl (C=O) groups excluding carboxylic acids is 2. The molecule has 0 fully saturated rings. The Bertz CT molecular complexity index is 1020. The van der Waals surface area contributed by atoms with Crippen LogP contribution in [0, 0.1) is 0 Å². The molecule has 0 bridgehead atoms. The number of anilines is 1. The summed E-state index contributed by atoms with van der Waals surface area (Å²) in [6, 6.07) is 12.6. The van der Waals surface area contributed by atoms with Crippen LogP contribution >= 0.6 is 11.8 Å². The first kappa shape index (κ1) is 20.5. The van der Waals surface area contributed by atoms with Gasteiger partial charge in [-0.2, -0.15) is 0 Å². The van der Waals surface area contributed by atoms with Gasteiger partial charge in [0.05, 0.1) is 37.6 Å². The monoisotopic (exact) mass is 414 g/mol. The molecular formula is C20H22N4O4S. The zero-order valence-electron chi connectivity index (χ0n) is 16.4. The number of hydrogen-bond acceptors (Lipinski definition) is 6. The smallest absolute Gasteiger partial charge is 0.243 e. The highest BCUT2D eigenvalue weighted by Gasteiger charge is 2.15. The van der Waals surface area contributed by atoms with Crippen LogP contribution < -0.4 is 14.8 Å². The molecule has 0 saturated heterocycles. The third kappa shape index (κ3) is 5.41. The van der Waals surface area contributed by atoms with Crippen LogP contribution in [0.15, 0.2) is 47.6 Å². The Hall–Kier alpha value is -3.20. The molecule has 0 aliphatic heterocycles. The van der Waals surface area contributed by atoms with Gasteiger partial charge < -0.3 is 24.7 Å². The lowest BCUT2D eigenvalue weighted by molar-refractivity contribution is -0.131. The largest absolute Gasteiger partial charge is 0.497 e. The van der Waals surface area contributed by atoms with Crippen LogP contribution in [0.25, 0.3) is 11.0 Å². The Morgan fingerprint density at radius 2 is 1.90 bits per heavy atom. The lowest BCUT2D eigenvalue weighted by Gasteiger charge is -2.16. The summed E-state index contributed by atoms with van der Waals surface area (Å²) in [5.74, 6) is 1.09. The van der Waals surface area contributed by atoms with Crippen LogP contribution in [0.1, 0.15) is 0 Å². The summed E-state index contributed by atoms with van der Waals surface area (Å²) in [7, 11) is 4.76. The predicted molar refractivity (Wildman–Crippen MR) is 113 cm³/mol. The van der Waals surface area contributed by atoms with Gasteiger partial charge in [0.25, 0.3) is 0 Å². The van der Waals surface area contributed by atoms with Gasteiger partial charge in [-0.15, -0.1) is 0 Å². The number of rotatable bonds is 8. The van der Waals surface area contributed by atoms with E-state index in [0.29, 0.717) is 16.6 Å². The fourth-order valence-corrected chi connectivity index (χ4v) is 3.43. The van der Waals surface area contributed by atoms with Gasteiger partial charge in [-0.3, -0.25) is 9.59 Å². The number of fused-ring (bicyclic) bond motifs is 1. The van der Waals surface area contributed by atoms with Gasteiger partial charge in [0.2, 0.25) is 11.8 Å². The van der Waals surface area contributed by atoms with Crippen LogP contribution in [-0.2, 0) is 9.59 Å². The summed E-state index contributed by atoms with van der Waals surface area (Å²) >= 11 is 1.29. The quantitative estimate of drug-likeness (QED) is 0.550. The number of benzene rings is 2. The first-order valence-corrected chi connectivity index (χ1v) is 9.81. The number of nitrogens with one attached hydrogen (secondary N) is 2. The number of hydrogen-bond donors (Lipinski definition) is 2. The number of aromatic nitrogens is 2. The SMILES string of the molecule is COc1cccc(NC(=O)CN(C)C(=O)CSc2nc3ccc(OC)cc3[nH]2)c1. The number of aromatic amines is 1. The van der Waals surface area contributed by atoms with E-state index >= 15 is 0 Å². The highest BCUT2D eigenvalue weighted by molar-refractivity contribution is 7.99. The fraction of sp³-hybridized carbons (Fsp3) is 0.250. The number of carbonyl (C=O) groups is 2. The Kier molecular flexibility index (Phi) is 6.61. The van der Waals surface area contributed by atoms with Crippen molar-refractivity contribution in [3.63, 3.8) is 0 Å². The third-order valence-electron chi connectivity index (χ3n) is 4.16. The zero-order chi connectivity index (χ0) is 20.8. The molecule has 0 unspecified atom stereocenters. The van der Waals surface area contributed by atoms with E-state index in [1.807, 2.05) is 18.2 Å². The van der Waals surface area contributed by atoms with E-state index in [1.54, 1.807) is 45.5 Å². The molecule has 0 spiro atoms. The average Bonchev–Trinajstić information content (AvgIpc) is 3.13. The molecule has 152 valence electrons. The van der Waals surface area contributed by atoms with E-state index in [0.717, 1.165) is 16.8 Å². The molecule has 3 aromatic rings. The molecule has 0 aliphatic rings. The van der Waals surface area contributed by atoms with Gasteiger partial charge in [0.1, 0.15) is 11.5 Å². The van der Waals surface area contributed by atoms with Crippen LogP contribution in [0.4, 0.5) is 5.69 Å². The number of nitrogens with zero attached hydrogens (tertiary/aromatic N) is 2. The number of methoxy groups -OCH3 is 2. The van der Waals surface area contributed by atoms with Crippen molar-refractivity contribution in [2.45, 2.75) is 5.16 Å². The average molecular weight is 414 g/mol. The summed E-state index contributed by atoms with van der Waals surface area (Å²) in [6.45, 7) is -0.0477.